The highest BCUT2D eigenvalue weighted by Gasteiger charge is 2.15. The van der Waals surface area contributed by atoms with Gasteiger partial charge < -0.3 is 10.6 Å². The van der Waals surface area contributed by atoms with E-state index in [0.29, 0.717) is 12.2 Å². The minimum atomic E-state index is -3.51. The zero-order valence-corrected chi connectivity index (χ0v) is 13.4. The maximum Gasteiger partial charge on any atom is 0.242 e. The lowest BCUT2D eigenvalue weighted by atomic mass is 10.3. The van der Waals surface area contributed by atoms with Crippen molar-refractivity contribution in [2.45, 2.75) is 24.2 Å². The molecular formula is C13H20N4O2S2. The fraction of sp³-hybridized carbons (Fsp3) is 0.538. The molecule has 0 amide bonds. The number of thiocarbonyl (C=S) groups is 1. The normalized spacial score (nSPS) is 16.2. The predicted molar refractivity (Wildman–Crippen MR) is 85.6 cm³/mol. The molecule has 3 N–H and O–H groups in total. The minimum Gasteiger partial charge on any atom is -0.388 e. The first-order chi connectivity index (χ1) is 9.99. The van der Waals surface area contributed by atoms with Crippen LogP contribution in [0, 0.1) is 0 Å². The number of nitrogens with two attached hydrogens (primary N) is 1. The smallest absolute Gasteiger partial charge is 0.242 e. The zero-order valence-electron chi connectivity index (χ0n) is 11.8. The maximum absolute atomic E-state index is 12.1. The Hall–Kier alpha value is -1.09. The van der Waals surface area contributed by atoms with Gasteiger partial charge >= 0.3 is 0 Å². The Morgan fingerprint density at radius 1 is 1.38 bits per heavy atom. The molecule has 2 rings (SSSR count). The molecule has 116 valence electrons. The fourth-order valence-corrected chi connectivity index (χ4v) is 3.42. The van der Waals surface area contributed by atoms with Crippen molar-refractivity contribution in [3.05, 3.63) is 24.0 Å². The third-order valence-electron chi connectivity index (χ3n) is 3.44. The number of nitrogens with zero attached hydrogens (tertiary/aromatic N) is 2. The van der Waals surface area contributed by atoms with Crippen molar-refractivity contribution in [2.75, 3.05) is 26.2 Å². The van der Waals surface area contributed by atoms with Gasteiger partial charge in [0.25, 0.3) is 0 Å². The molecule has 1 fully saturated rings. The molecule has 1 aliphatic rings. The van der Waals surface area contributed by atoms with Crippen LogP contribution in [0.1, 0.15) is 25.0 Å². The second kappa shape index (κ2) is 7.26. The van der Waals surface area contributed by atoms with Crippen LogP contribution in [0.25, 0.3) is 0 Å². The van der Waals surface area contributed by atoms with Crippen LogP contribution in [0.4, 0.5) is 0 Å². The third-order valence-corrected chi connectivity index (χ3v) is 5.10. The van der Waals surface area contributed by atoms with Crippen molar-refractivity contribution in [3.8, 4) is 0 Å². The Bertz CT molecular complexity index is 581. The lowest BCUT2D eigenvalue weighted by Crippen LogP contribution is -2.29. The summed E-state index contributed by atoms with van der Waals surface area (Å²) in [4.78, 5) is 6.58. The minimum absolute atomic E-state index is 0.128. The molecule has 1 aromatic heterocycles. The summed E-state index contributed by atoms with van der Waals surface area (Å²) in [7, 11) is -3.51. The van der Waals surface area contributed by atoms with E-state index in [1.54, 1.807) is 0 Å². The van der Waals surface area contributed by atoms with Gasteiger partial charge in [-0.25, -0.2) is 13.1 Å². The van der Waals surface area contributed by atoms with Gasteiger partial charge in [0.2, 0.25) is 10.0 Å². The number of hydrogen-bond donors (Lipinski definition) is 2. The molecule has 1 saturated heterocycles. The number of pyridine rings is 1. The van der Waals surface area contributed by atoms with E-state index in [2.05, 4.69) is 14.6 Å². The molecule has 1 aromatic rings. The molecule has 2 heterocycles. The molecular weight excluding hydrogens is 308 g/mol. The van der Waals surface area contributed by atoms with E-state index in [1.165, 1.54) is 31.2 Å². The molecule has 0 saturated carbocycles. The standard InChI is InChI=1S/C13H20N4O2S2/c14-13(20)12-5-4-11(10-15-12)21(18,19)16-6-3-9-17-7-1-2-8-17/h4-5,10,16H,1-3,6-9H2,(H2,14,20). The Kier molecular flexibility index (Phi) is 5.63. The fourth-order valence-electron chi connectivity index (χ4n) is 2.28. The summed E-state index contributed by atoms with van der Waals surface area (Å²) in [5.41, 5.74) is 5.84. The molecule has 6 nitrogen and oxygen atoms in total. The van der Waals surface area contributed by atoms with E-state index in [0.717, 1.165) is 26.1 Å². The largest absolute Gasteiger partial charge is 0.388 e. The van der Waals surface area contributed by atoms with Gasteiger partial charge in [0.15, 0.2) is 0 Å². The van der Waals surface area contributed by atoms with Gasteiger partial charge in [-0.3, -0.25) is 4.98 Å². The Morgan fingerprint density at radius 2 is 2.10 bits per heavy atom. The second-order valence-electron chi connectivity index (χ2n) is 5.04. The summed E-state index contributed by atoms with van der Waals surface area (Å²) >= 11 is 4.78. The molecule has 0 atom stereocenters. The lowest BCUT2D eigenvalue weighted by Gasteiger charge is -2.14. The van der Waals surface area contributed by atoms with Crippen LogP contribution in [0.3, 0.4) is 0 Å². The SMILES string of the molecule is NC(=S)c1ccc(S(=O)(=O)NCCCN2CCCC2)cn1. The van der Waals surface area contributed by atoms with E-state index in [9.17, 15) is 8.42 Å². The first-order valence-corrected chi connectivity index (χ1v) is 8.86. The number of nitrogens with one attached hydrogen (secondary N) is 1. The van der Waals surface area contributed by atoms with Crippen molar-refractivity contribution < 1.29 is 8.42 Å². The molecule has 0 unspecified atom stereocenters. The first-order valence-electron chi connectivity index (χ1n) is 6.97. The van der Waals surface area contributed by atoms with Crippen molar-refractivity contribution in [1.29, 1.82) is 0 Å². The monoisotopic (exact) mass is 328 g/mol. The second-order valence-corrected chi connectivity index (χ2v) is 7.25. The van der Waals surface area contributed by atoms with Crippen LogP contribution < -0.4 is 10.5 Å². The Labute approximate surface area is 130 Å². The van der Waals surface area contributed by atoms with Crippen molar-refractivity contribution >= 4 is 27.2 Å². The van der Waals surface area contributed by atoms with Gasteiger partial charge in [-0.15, -0.1) is 0 Å². The quantitative estimate of drug-likeness (QED) is 0.559. The average molecular weight is 328 g/mol. The molecule has 0 aromatic carbocycles. The van der Waals surface area contributed by atoms with Crippen molar-refractivity contribution in [2.24, 2.45) is 5.73 Å². The number of sulfonamides is 1. The number of aromatic nitrogens is 1. The van der Waals surface area contributed by atoms with Crippen LogP contribution >= 0.6 is 12.2 Å². The lowest BCUT2D eigenvalue weighted by molar-refractivity contribution is 0.334. The molecule has 0 aliphatic carbocycles. The predicted octanol–water partition coefficient (Wildman–Crippen LogP) is 0.480. The Morgan fingerprint density at radius 3 is 2.67 bits per heavy atom. The summed E-state index contributed by atoms with van der Waals surface area (Å²) in [5.74, 6) is 0. The molecule has 21 heavy (non-hydrogen) atoms. The van der Waals surface area contributed by atoms with Crippen molar-refractivity contribution in [1.82, 2.24) is 14.6 Å². The third kappa shape index (κ3) is 4.70. The molecule has 0 radical (unpaired) electrons. The number of hydrogen-bond acceptors (Lipinski definition) is 5. The summed E-state index contributed by atoms with van der Waals surface area (Å²) in [6.07, 6.45) is 4.56. The highest BCUT2D eigenvalue weighted by Crippen LogP contribution is 2.09. The van der Waals surface area contributed by atoms with E-state index >= 15 is 0 Å². The van der Waals surface area contributed by atoms with E-state index in [-0.39, 0.29) is 9.88 Å². The van der Waals surface area contributed by atoms with Gasteiger partial charge in [-0.1, -0.05) is 12.2 Å². The van der Waals surface area contributed by atoms with E-state index in [4.69, 9.17) is 18.0 Å². The van der Waals surface area contributed by atoms with Crippen molar-refractivity contribution in [3.63, 3.8) is 0 Å². The zero-order chi connectivity index (χ0) is 15.3. The first kappa shape index (κ1) is 16.3. The van der Waals surface area contributed by atoms with E-state index in [1.807, 2.05) is 0 Å². The molecule has 8 heteroatoms. The molecule has 1 aliphatic heterocycles. The summed E-state index contributed by atoms with van der Waals surface area (Å²) < 4.78 is 26.8. The van der Waals surface area contributed by atoms with Crippen LogP contribution in [0.15, 0.2) is 23.2 Å². The summed E-state index contributed by atoms with van der Waals surface area (Å²) in [6, 6.07) is 2.98. The van der Waals surface area contributed by atoms with Crippen LogP contribution in [-0.4, -0.2) is 49.5 Å². The van der Waals surface area contributed by atoms with Crippen LogP contribution in [0.2, 0.25) is 0 Å². The topological polar surface area (TPSA) is 88.3 Å². The molecule has 0 spiro atoms. The maximum atomic E-state index is 12.1. The highest BCUT2D eigenvalue weighted by molar-refractivity contribution is 7.89. The highest BCUT2D eigenvalue weighted by atomic mass is 32.2. The average Bonchev–Trinajstić information content (AvgIpc) is 2.97. The van der Waals surface area contributed by atoms with Crippen LogP contribution in [0.5, 0.6) is 0 Å². The van der Waals surface area contributed by atoms with Gasteiger partial charge in [0.1, 0.15) is 9.88 Å². The number of rotatable bonds is 7. The summed E-state index contributed by atoms with van der Waals surface area (Å²) in [5, 5.41) is 0. The van der Waals surface area contributed by atoms with Gasteiger partial charge in [0.05, 0.1) is 5.69 Å². The number of likely N-dealkylation sites (tertiary alicyclic amines) is 1. The van der Waals surface area contributed by atoms with Crippen LogP contribution in [-0.2, 0) is 10.0 Å². The van der Waals surface area contributed by atoms with Gasteiger partial charge in [-0.05, 0) is 51.0 Å². The van der Waals surface area contributed by atoms with Gasteiger partial charge in [0, 0.05) is 12.7 Å². The summed E-state index contributed by atoms with van der Waals surface area (Å²) in [6.45, 7) is 3.60. The molecule has 0 bridgehead atoms. The van der Waals surface area contributed by atoms with E-state index < -0.39 is 10.0 Å². The van der Waals surface area contributed by atoms with Gasteiger partial charge in [-0.2, -0.15) is 0 Å². The Balaban J connectivity index is 1.84.